The van der Waals surface area contributed by atoms with E-state index in [0.717, 1.165) is 63.3 Å². The van der Waals surface area contributed by atoms with E-state index in [2.05, 4.69) is 35.6 Å². The summed E-state index contributed by atoms with van der Waals surface area (Å²) in [5, 5.41) is 3.43. The highest BCUT2D eigenvalue weighted by atomic mass is 32.1. The summed E-state index contributed by atoms with van der Waals surface area (Å²) in [7, 11) is 0. The summed E-state index contributed by atoms with van der Waals surface area (Å²) in [6.45, 7) is 4.29. The molecule has 4 nitrogen and oxygen atoms in total. The third-order valence-corrected chi connectivity index (χ3v) is 7.36. The molecule has 1 aromatic heterocycles. The topological polar surface area (TPSA) is 41.6 Å². The molecule has 1 N–H and O–H groups in total. The van der Waals surface area contributed by atoms with Gasteiger partial charge < -0.3 is 15.0 Å². The fourth-order valence-corrected chi connectivity index (χ4v) is 5.93. The Hall–Kier alpha value is -1.69. The lowest BCUT2D eigenvalue weighted by Gasteiger charge is -2.40. The van der Waals surface area contributed by atoms with Crippen LogP contribution in [0.4, 0.5) is 0 Å². The van der Waals surface area contributed by atoms with Gasteiger partial charge in [-0.2, -0.15) is 0 Å². The lowest BCUT2D eigenvalue weighted by atomic mass is 9.86. The first-order valence-corrected chi connectivity index (χ1v) is 10.4. The molecule has 1 spiro atoms. The first-order chi connectivity index (χ1) is 12.8. The summed E-state index contributed by atoms with van der Waals surface area (Å²) in [6, 6.07) is 10.6. The molecule has 1 amide bonds. The highest BCUT2D eigenvalue weighted by molar-refractivity contribution is 7.14. The number of carbonyl (C=O) groups excluding carboxylic acids is 1. The molecule has 2 aromatic rings. The van der Waals surface area contributed by atoms with Gasteiger partial charge in [-0.15, -0.1) is 11.3 Å². The summed E-state index contributed by atoms with van der Waals surface area (Å²) < 4.78 is 6.26. The maximum Gasteiger partial charge on any atom is 0.264 e. The van der Waals surface area contributed by atoms with E-state index in [-0.39, 0.29) is 11.5 Å². The minimum absolute atomic E-state index is 0.156. The maximum atomic E-state index is 13.2. The van der Waals surface area contributed by atoms with Crippen LogP contribution in [0.5, 0.6) is 0 Å². The molecule has 0 saturated carbocycles. The predicted molar refractivity (Wildman–Crippen MR) is 103 cm³/mol. The summed E-state index contributed by atoms with van der Waals surface area (Å²) in [4.78, 5) is 17.4. The van der Waals surface area contributed by atoms with E-state index in [1.165, 1.54) is 21.6 Å². The van der Waals surface area contributed by atoms with Crippen molar-refractivity contribution in [1.29, 1.82) is 0 Å². The minimum Gasteiger partial charge on any atom is -0.369 e. The SMILES string of the molecule is O=C(c1cc2c(s1)C1(CCNCC1)OCC2)N1CCc2ccccc2C1. The third kappa shape index (κ3) is 2.70. The summed E-state index contributed by atoms with van der Waals surface area (Å²) >= 11 is 1.68. The molecule has 26 heavy (non-hydrogen) atoms. The van der Waals surface area contributed by atoms with Crippen LogP contribution < -0.4 is 5.32 Å². The largest absolute Gasteiger partial charge is 0.369 e. The minimum atomic E-state index is -0.156. The van der Waals surface area contributed by atoms with E-state index in [1.807, 2.05) is 4.90 Å². The zero-order valence-corrected chi connectivity index (χ0v) is 15.7. The van der Waals surface area contributed by atoms with Crippen LogP contribution in [0.25, 0.3) is 0 Å². The van der Waals surface area contributed by atoms with Gasteiger partial charge in [0.1, 0.15) is 5.60 Å². The Morgan fingerprint density at radius 3 is 2.77 bits per heavy atom. The van der Waals surface area contributed by atoms with Gasteiger partial charge in [0.2, 0.25) is 0 Å². The molecule has 0 bridgehead atoms. The molecule has 4 heterocycles. The molecular formula is C21H24N2O2S. The van der Waals surface area contributed by atoms with Crippen molar-refractivity contribution in [3.05, 3.63) is 56.8 Å². The normalized spacial score (nSPS) is 21.3. The van der Waals surface area contributed by atoms with Crippen LogP contribution in [0.2, 0.25) is 0 Å². The predicted octanol–water partition coefficient (Wildman–Crippen LogP) is 3.10. The number of thiophene rings is 1. The van der Waals surface area contributed by atoms with E-state index in [0.29, 0.717) is 0 Å². The highest BCUT2D eigenvalue weighted by Gasteiger charge is 2.41. The van der Waals surface area contributed by atoms with E-state index in [9.17, 15) is 4.79 Å². The molecule has 0 radical (unpaired) electrons. The first kappa shape index (κ1) is 16.5. The van der Waals surface area contributed by atoms with Crippen LogP contribution in [0.1, 0.15) is 44.1 Å². The monoisotopic (exact) mass is 368 g/mol. The van der Waals surface area contributed by atoms with Crippen LogP contribution >= 0.6 is 11.3 Å². The number of fused-ring (bicyclic) bond motifs is 3. The summed E-state index contributed by atoms with van der Waals surface area (Å²) in [6.07, 6.45) is 3.89. The van der Waals surface area contributed by atoms with Gasteiger partial charge in [0, 0.05) is 18.0 Å². The van der Waals surface area contributed by atoms with Crippen molar-refractivity contribution in [2.24, 2.45) is 0 Å². The number of nitrogens with one attached hydrogen (secondary N) is 1. The van der Waals surface area contributed by atoms with Gasteiger partial charge in [-0.25, -0.2) is 0 Å². The standard InChI is InChI=1S/C21H24N2O2S/c24-20(23-11-5-15-3-1-2-4-17(15)14-23)18-13-16-6-12-25-21(19(16)26-18)7-9-22-10-8-21/h1-4,13,22H,5-12,14H2. The Kier molecular flexibility index (Phi) is 4.11. The molecule has 3 aliphatic heterocycles. The van der Waals surface area contributed by atoms with Crippen molar-refractivity contribution in [1.82, 2.24) is 10.2 Å². The molecule has 3 aliphatic rings. The molecule has 0 unspecified atom stereocenters. The van der Waals surface area contributed by atoms with Crippen molar-refractivity contribution < 1.29 is 9.53 Å². The Bertz CT molecular complexity index is 838. The molecule has 1 aromatic carbocycles. The third-order valence-electron chi connectivity index (χ3n) is 6.01. The van der Waals surface area contributed by atoms with Gasteiger partial charge in [-0.3, -0.25) is 4.79 Å². The smallest absolute Gasteiger partial charge is 0.264 e. The Balaban J connectivity index is 1.42. The van der Waals surface area contributed by atoms with Crippen LogP contribution in [-0.4, -0.2) is 37.0 Å². The Labute approximate surface area is 158 Å². The molecule has 136 valence electrons. The zero-order valence-electron chi connectivity index (χ0n) is 14.9. The molecule has 1 fully saturated rings. The average molecular weight is 369 g/mol. The second kappa shape index (κ2) is 6.48. The number of amides is 1. The van der Waals surface area contributed by atoms with Crippen molar-refractivity contribution in [3.63, 3.8) is 0 Å². The number of piperidine rings is 1. The van der Waals surface area contributed by atoms with Crippen molar-refractivity contribution in [2.45, 2.75) is 37.8 Å². The van der Waals surface area contributed by atoms with Crippen LogP contribution in [-0.2, 0) is 29.7 Å². The van der Waals surface area contributed by atoms with Gasteiger partial charge in [0.05, 0.1) is 11.5 Å². The second-order valence-electron chi connectivity index (χ2n) is 7.55. The van der Waals surface area contributed by atoms with Crippen molar-refractivity contribution in [3.8, 4) is 0 Å². The number of carbonyl (C=O) groups is 1. The Morgan fingerprint density at radius 2 is 1.92 bits per heavy atom. The van der Waals surface area contributed by atoms with E-state index in [1.54, 1.807) is 11.3 Å². The highest BCUT2D eigenvalue weighted by Crippen LogP contribution is 2.44. The average Bonchev–Trinajstić information content (AvgIpc) is 3.14. The fourth-order valence-electron chi connectivity index (χ4n) is 4.55. The quantitative estimate of drug-likeness (QED) is 0.841. The van der Waals surface area contributed by atoms with Gasteiger partial charge in [0.25, 0.3) is 5.91 Å². The molecule has 0 atom stereocenters. The molecule has 5 heteroatoms. The van der Waals surface area contributed by atoms with Gasteiger partial charge in [-0.05, 0) is 61.5 Å². The van der Waals surface area contributed by atoms with Gasteiger partial charge in [-0.1, -0.05) is 24.3 Å². The molecular weight excluding hydrogens is 344 g/mol. The van der Waals surface area contributed by atoms with Crippen molar-refractivity contribution >= 4 is 17.2 Å². The first-order valence-electron chi connectivity index (χ1n) is 9.59. The van der Waals surface area contributed by atoms with Crippen LogP contribution in [0.3, 0.4) is 0 Å². The Morgan fingerprint density at radius 1 is 1.12 bits per heavy atom. The second-order valence-corrected chi connectivity index (χ2v) is 8.61. The number of benzene rings is 1. The number of hydrogen-bond acceptors (Lipinski definition) is 4. The zero-order chi connectivity index (χ0) is 17.6. The number of ether oxygens (including phenoxy) is 1. The van der Waals surface area contributed by atoms with Crippen LogP contribution in [0.15, 0.2) is 30.3 Å². The van der Waals surface area contributed by atoms with E-state index >= 15 is 0 Å². The van der Waals surface area contributed by atoms with E-state index < -0.39 is 0 Å². The van der Waals surface area contributed by atoms with Crippen molar-refractivity contribution in [2.75, 3.05) is 26.2 Å². The van der Waals surface area contributed by atoms with E-state index in [4.69, 9.17) is 4.74 Å². The van der Waals surface area contributed by atoms with Gasteiger partial charge >= 0.3 is 0 Å². The number of rotatable bonds is 1. The van der Waals surface area contributed by atoms with Gasteiger partial charge in [0.15, 0.2) is 0 Å². The molecule has 1 saturated heterocycles. The lowest BCUT2D eigenvalue weighted by molar-refractivity contribution is -0.0771. The fraction of sp³-hybridized carbons (Fsp3) is 0.476. The molecule has 5 rings (SSSR count). The van der Waals surface area contributed by atoms with Crippen LogP contribution in [0, 0.1) is 0 Å². The maximum absolute atomic E-state index is 13.2. The summed E-state index contributed by atoms with van der Waals surface area (Å²) in [5.74, 6) is 0.183. The molecule has 0 aliphatic carbocycles. The number of nitrogens with zero attached hydrogens (tertiary/aromatic N) is 1. The lowest BCUT2D eigenvalue weighted by Crippen LogP contribution is -2.44. The number of hydrogen-bond donors (Lipinski definition) is 1. The summed E-state index contributed by atoms with van der Waals surface area (Å²) in [5.41, 5.74) is 3.84.